The molecule has 18 heavy (non-hydrogen) atoms. The van der Waals surface area contributed by atoms with Crippen molar-refractivity contribution in [2.24, 2.45) is 0 Å². The summed E-state index contributed by atoms with van der Waals surface area (Å²) in [5, 5.41) is -0.214. The third kappa shape index (κ3) is 2.85. The van der Waals surface area contributed by atoms with Crippen molar-refractivity contribution >= 4 is 11.6 Å². The van der Waals surface area contributed by atoms with Crippen LogP contribution in [0, 0.1) is 0 Å². The molecule has 0 aromatic heterocycles. The Bertz CT molecular complexity index is 532. The highest BCUT2D eigenvalue weighted by molar-refractivity contribution is 6.32. The van der Waals surface area contributed by atoms with Gasteiger partial charge in [-0.3, -0.25) is 0 Å². The first kappa shape index (κ1) is 13.0. The molecule has 0 aliphatic carbocycles. The van der Waals surface area contributed by atoms with Crippen LogP contribution in [0.5, 0.6) is 0 Å². The molecule has 2 aromatic rings. The number of hydrogen-bond donors (Lipinski definition) is 0. The van der Waals surface area contributed by atoms with Crippen LogP contribution in [0.3, 0.4) is 0 Å². The summed E-state index contributed by atoms with van der Waals surface area (Å²) in [4.78, 5) is 0. The minimum absolute atomic E-state index is 0.214. The summed E-state index contributed by atoms with van der Waals surface area (Å²) < 4.78 is 38.0. The minimum atomic E-state index is -4.41. The summed E-state index contributed by atoms with van der Waals surface area (Å²) in [5.41, 5.74) is 0.633. The third-order valence-corrected chi connectivity index (χ3v) is 3.07. The molecular formula is C14H10ClF3. The SMILES string of the molecule is FC(F)(F)c1cccc(Cc2ccccc2)c1Cl. The monoisotopic (exact) mass is 270 g/mol. The van der Waals surface area contributed by atoms with Crippen molar-refractivity contribution in [1.29, 1.82) is 0 Å². The first-order valence-electron chi connectivity index (χ1n) is 5.37. The number of hydrogen-bond acceptors (Lipinski definition) is 0. The van der Waals surface area contributed by atoms with E-state index in [1.807, 2.05) is 30.3 Å². The first-order chi connectivity index (χ1) is 8.48. The van der Waals surface area contributed by atoms with Gasteiger partial charge in [-0.2, -0.15) is 13.2 Å². The molecule has 0 N–H and O–H groups in total. The second-order valence-electron chi connectivity index (χ2n) is 3.94. The van der Waals surface area contributed by atoms with Gasteiger partial charge in [0.25, 0.3) is 0 Å². The molecule has 0 bridgehead atoms. The molecule has 0 saturated carbocycles. The van der Waals surface area contributed by atoms with E-state index < -0.39 is 11.7 Å². The van der Waals surface area contributed by atoms with E-state index in [1.165, 1.54) is 6.07 Å². The summed E-state index contributed by atoms with van der Waals surface area (Å²) in [6.07, 6.45) is -4.02. The smallest absolute Gasteiger partial charge is 0.166 e. The van der Waals surface area contributed by atoms with Crippen molar-refractivity contribution < 1.29 is 13.2 Å². The molecule has 0 spiro atoms. The average molecular weight is 271 g/mol. The second kappa shape index (κ2) is 5.02. The molecule has 4 heteroatoms. The van der Waals surface area contributed by atoms with Gasteiger partial charge in [0.2, 0.25) is 0 Å². The minimum Gasteiger partial charge on any atom is -0.166 e. The quantitative estimate of drug-likeness (QED) is 0.724. The Balaban J connectivity index is 2.36. The fourth-order valence-corrected chi connectivity index (χ4v) is 2.05. The lowest BCUT2D eigenvalue weighted by Crippen LogP contribution is -2.07. The number of halogens is 4. The largest absolute Gasteiger partial charge is 0.417 e. The zero-order valence-electron chi connectivity index (χ0n) is 9.34. The Labute approximate surface area is 108 Å². The van der Waals surface area contributed by atoms with Crippen LogP contribution in [0.4, 0.5) is 13.2 Å². The van der Waals surface area contributed by atoms with E-state index >= 15 is 0 Å². The third-order valence-electron chi connectivity index (χ3n) is 2.62. The summed E-state index contributed by atoms with van der Waals surface area (Å²) in [7, 11) is 0. The molecule has 0 heterocycles. The predicted octanol–water partition coefficient (Wildman–Crippen LogP) is 4.95. The molecule has 2 rings (SSSR count). The molecule has 0 aliphatic heterocycles. The van der Waals surface area contributed by atoms with E-state index in [0.717, 1.165) is 11.6 Å². The van der Waals surface area contributed by atoms with Crippen LogP contribution < -0.4 is 0 Å². The Hall–Kier alpha value is -1.48. The van der Waals surface area contributed by atoms with Gasteiger partial charge >= 0.3 is 6.18 Å². The highest BCUT2D eigenvalue weighted by Crippen LogP contribution is 2.36. The maximum Gasteiger partial charge on any atom is 0.417 e. The molecule has 0 nitrogen and oxygen atoms in total. The highest BCUT2D eigenvalue weighted by Gasteiger charge is 2.33. The van der Waals surface area contributed by atoms with Crippen LogP contribution in [0.1, 0.15) is 16.7 Å². The molecule has 0 atom stereocenters. The van der Waals surface area contributed by atoms with Gasteiger partial charge in [0.05, 0.1) is 10.6 Å². The summed E-state index contributed by atoms with van der Waals surface area (Å²) in [6, 6.07) is 13.3. The molecule has 2 aromatic carbocycles. The van der Waals surface area contributed by atoms with Crippen LogP contribution in [0.15, 0.2) is 48.5 Å². The van der Waals surface area contributed by atoms with Gasteiger partial charge in [-0.25, -0.2) is 0 Å². The summed E-state index contributed by atoms with van der Waals surface area (Å²) in [5.74, 6) is 0. The molecule has 0 unspecified atom stereocenters. The number of rotatable bonds is 2. The molecular weight excluding hydrogens is 261 g/mol. The van der Waals surface area contributed by atoms with E-state index in [0.29, 0.717) is 12.0 Å². The second-order valence-corrected chi connectivity index (χ2v) is 4.32. The van der Waals surface area contributed by atoms with E-state index in [9.17, 15) is 13.2 Å². The van der Waals surface area contributed by atoms with Gasteiger partial charge in [-0.05, 0) is 23.6 Å². The fourth-order valence-electron chi connectivity index (χ4n) is 1.75. The maximum absolute atomic E-state index is 12.7. The molecule has 0 aliphatic rings. The van der Waals surface area contributed by atoms with Gasteiger partial charge in [0.15, 0.2) is 0 Å². The van der Waals surface area contributed by atoms with Crippen LogP contribution in [0.25, 0.3) is 0 Å². The van der Waals surface area contributed by atoms with Crippen molar-refractivity contribution in [3.05, 3.63) is 70.2 Å². The lowest BCUT2D eigenvalue weighted by molar-refractivity contribution is -0.137. The van der Waals surface area contributed by atoms with Gasteiger partial charge in [0, 0.05) is 0 Å². The standard InChI is InChI=1S/C14H10ClF3/c15-13-11(9-10-5-2-1-3-6-10)7-4-8-12(13)14(16,17)18/h1-8H,9H2. The Kier molecular flexibility index (Phi) is 3.62. The van der Waals surface area contributed by atoms with Crippen molar-refractivity contribution in [2.75, 3.05) is 0 Å². The Morgan fingerprint density at radius 2 is 1.56 bits per heavy atom. The van der Waals surface area contributed by atoms with E-state index in [4.69, 9.17) is 11.6 Å². The van der Waals surface area contributed by atoms with Crippen molar-refractivity contribution in [1.82, 2.24) is 0 Å². The first-order valence-corrected chi connectivity index (χ1v) is 5.75. The van der Waals surface area contributed by atoms with Gasteiger partial charge in [-0.1, -0.05) is 54.1 Å². The van der Waals surface area contributed by atoms with Crippen molar-refractivity contribution in [3.63, 3.8) is 0 Å². The zero-order valence-corrected chi connectivity index (χ0v) is 10.1. The molecule has 0 fully saturated rings. The predicted molar refractivity (Wildman–Crippen MR) is 65.7 cm³/mol. The molecule has 0 saturated heterocycles. The number of benzene rings is 2. The fraction of sp³-hybridized carbons (Fsp3) is 0.143. The molecule has 94 valence electrons. The van der Waals surface area contributed by atoms with Crippen LogP contribution in [0.2, 0.25) is 5.02 Å². The van der Waals surface area contributed by atoms with E-state index in [-0.39, 0.29) is 5.02 Å². The lowest BCUT2D eigenvalue weighted by Gasteiger charge is -2.12. The topological polar surface area (TPSA) is 0 Å². The Morgan fingerprint density at radius 3 is 2.17 bits per heavy atom. The van der Waals surface area contributed by atoms with Crippen LogP contribution in [-0.2, 0) is 12.6 Å². The van der Waals surface area contributed by atoms with E-state index in [2.05, 4.69) is 0 Å². The molecule has 0 amide bonds. The highest BCUT2D eigenvalue weighted by atomic mass is 35.5. The molecule has 0 radical (unpaired) electrons. The van der Waals surface area contributed by atoms with E-state index in [1.54, 1.807) is 6.07 Å². The van der Waals surface area contributed by atoms with Crippen molar-refractivity contribution in [2.45, 2.75) is 12.6 Å². The van der Waals surface area contributed by atoms with Gasteiger partial charge < -0.3 is 0 Å². The van der Waals surface area contributed by atoms with Gasteiger partial charge in [0.1, 0.15) is 0 Å². The van der Waals surface area contributed by atoms with Crippen LogP contribution >= 0.6 is 11.6 Å². The van der Waals surface area contributed by atoms with Crippen molar-refractivity contribution in [3.8, 4) is 0 Å². The lowest BCUT2D eigenvalue weighted by atomic mass is 10.0. The van der Waals surface area contributed by atoms with Gasteiger partial charge in [-0.15, -0.1) is 0 Å². The zero-order chi connectivity index (χ0) is 13.2. The number of alkyl halides is 3. The average Bonchev–Trinajstić information content (AvgIpc) is 2.32. The van der Waals surface area contributed by atoms with Crippen LogP contribution in [-0.4, -0.2) is 0 Å². The normalized spacial score (nSPS) is 11.6. The summed E-state index contributed by atoms with van der Waals surface area (Å²) in [6.45, 7) is 0. The Morgan fingerprint density at radius 1 is 0.889 bits per heavy atom. The maximum atomic E-state index is 12.7. The summed E-state index contributed by atoms with van der Waals surface area (Å²) >= 11 is 5.82.